The zero-order valence-electron chi connectivity index (χ0n) is 9.11. The Morgan fingerprint density at radius 2 is 2.18 bits per heavy atom. The first-order chi connectivity index (χ1) is 8.25. The SMILES string of the molecule is Cc1cccc(-c2nc3ncncc3[nH]2)c1Cl. The first-order valence-electron chi connectivity index (χ1n) is 5.17. The van der Waals surface area contributed by atoms with Crippen LogP contribution in [-0.4, -0.2) is 19.9 Å². The Balaban J connectivity index is 2.24. The molecule has 0 saturated carbocycles. The minimum absolute atomic E-state index is 0.646. The number of imidazole rings is 1. The van der Waals surface area contributed by atoms with E-state index >= 15 is 0 Å². The van der Waals surface area contributed by atoms with Gasteiger partial charge in [-0.2, -0.15) is 0 Å². The molecule has 0 aliphatic rings. The number of rotatable bonds is 1. The number of nitrogens with one attached hydrogen (secondary N) is 1. The van der Waals surface area contributed by atoms with Gasteiger partial charge in [0.25, 0.3) is 0 Å². The Bertz CT molecular complexity index is 657. The lowest BCUT2D eigenvalue weighted by Gasteiger charge is -2.02. The first-order valence-corrected chi connectivity index (χ1v) is 5.55. The van der Waals surface area contributed by atoms with Gasteiger partial charge in [-0.25, -0.2) is 15.0 Å². The smallest absolute Gasteiger partial charge is 0.181 e. The molecule has 0 amide bonds. The van der Waals surface area contributed by atoms with E-state index in [-0.39, 0.29) is 0 Å². The molecule has 2 aromatic heterocycles. The predicted molar refractivity (Wildman–Crippen MR) is 66.9 cm³/mol. The molecule has 0 aliphatic heterocycles. The number of hydrogen-bond donors (Lipinski definition) is 1. The fraction of sp³-hybridized carbons (Fsp3) is 0.0833. The number of hydrogen-bond acceptors (Lipinski definition) is 3. The predicted octanol–water partition coefficient (Wildman–Crippen LogP) is 2.98. The van der Waals surface area contributed by atoms with Crippen molar-refractivity contribution >= 4 is 22.8 Å². The Morgan fingerprint density at radius 1 is 1.29 bits per heavy atom. The molecule has 0 bridgehead atoms. The van der Waals surface area contributed by atoms with Crippen LogP contribution in [0.4, 0.5) is 0 Å². The molecule has 0 atom stereocenters. The molecule has 4 nitrogen and oxygen atoms in total. The van der Waals surface area contributed by atoms with Crippen molar-refractivity contribution < 1.29 is 0 Å². The number of aromatic amines is 1. The Morgan fingerprint density at radius 3 is 3.00 bits per heavy atom. The third-order valence-electron chi connectivity index (χ3n) is 2.61. The van der Waals surface area contributed by atoms with Gasteiger partial charge in [0, 0.05) is 5.56 Å². The van der Waals surface area contributed by atoms with Gasteiger partial charge in [0.1, 0.15) is 17.7 Å². The van der Waals surface area contributed by atoms with E-state index in [1.165, 1.54) is 6.33 Å². The van der Waals surface area contributed by atoms with Crippen molar-refractivity contribution in [3.8, 4) is 11.4 Å². The van der Waals surface area contributed by atoms with Crippen molar-refractivity contribution in [3.05, 3.63) is 41.3 Å². The Hall–Kier alpha value is -1.94. The number of nitrogens with zero attached hydrogens (tertiary/aromatic N) is 3. The van der Waals surface area contributed by atoms with Crippen LogP contribution in [0, 0.1) is 6.92 Å². The highest BCUT2D eigenvalue weighted by atomic mass is 35.5. The van der Waals surface area contributed by atoms with E-state index in [2.05, 4.69) is 19.9 Å². The van der Waals surface area contributed by atoms with Crippen molar-refractivity contribution in [3.63, 3.8) is 0 Å². The van der Waals surface area contributed by atoms with Gasteiger partial charge in [-0.3, -0.25) is 0 Å². The summed E-state index contributed by atoms with van der Waals surface area (Å²) in [7, 11) is 0. The molecule has 84 valence electrons. The van der Waals surface area contributed by atoms with E-state index in [1.807, 2.05) is 25.1 Å². The minimum Gasteiger partial charge on any atom is -0.335 e. The Labute approximate surface area is 103 Å². The summed E-state index contributed by atoms with van der Waals surface area (Å²) >= 11 is 6.26. The summed E-state index contributed by atoms with van der Waals surface area (Å²) in [6, 6.07) is 5.85. The fourth-order valence-corrected chi connectivity index (χ4v) is 1.94. The zero-order valence-corrected chi connectivity index (χ0v) is 9.86. The quantitative estimate of drug-likeness (QED) is 0.716. The van der Waals surface area contributed by atoms with Gasteiger partial charge in [-0.05, 0) is 18.6 Å². The summed E-state index contributed by atoms with van der Waals surface area (Å²) in [6.45, 7) is 1.97. The molecule has 17 heavy (non-hydrogen) atoms. The van der Waals surface area contributed by atoms with E-state index in [4.69, 9.17) is 11.6 Å². The van der Waals surface area contributed by atoms with Crippen LogP contribution in [-0.2, 0) is 0 Å². The highest BCUT2D eigenvalue weighted by molar-refractivity contribution is 6.34. The van der Waals surface area contributed by atoms with Crippen molar-refractivity contribution in [1.82, 2.24) is 19.9 Å². The average molecular weight is 245 g/mol. The van der Waals surface area contributed by atoms with Crippen LogP contribution >= 0.6 is 11.6 Å². The lowest BCUT2D eigenvalue weighted by molar-refractivity contribution is 1.20. The molecule has 0 spiro atoms. The normalized spacial score (nSPS) is 10.9. The van der Waals surface area contributed by atoms with Crippen LogP contribution in [0.5, 0.6) is 0 Å². The molecular formula is C12H9ClN4. The lowest BCUT2D eigenvalue weighted by Crippen LogP contribution is -1.84. The summed E-state index contributed by atoms with van der Waals surface area (Å²) < 4.78 is 0. The van der Waals surface area contributed by atoms with E-state index in [0.29, 0.717) is 16.5 Å². The maximum absolute atomic E-state index is 6.26. The van der Waals surface area contributed by atoms with Crippen molar-refractivity contribution in [2.45, 2.75) is 6.92 Å². The molecular weight excluding hydrogens is 236 g/mol. The monoisotopic (exact) mass is 244 g/mol. The van der Waals surface area contributed by atoms with Gasteiger partial charge in [0.15, 0.2) is 5.65 Å². The third-order valence-corrected chi connectivity index (χ3v) is 3.11. The van der Waals surface area contributed by atoms with Crippen molar-refractivity contribution in [2.24, 2.45) is 0 Å². The lowest BCUT2D eigenvalue weighted by atomic mass is 10.1. The topological polar surface area (TPSA) is 54.5 Å². The standard InChI is InChI=1S/C12H9ClN4/c1-7-3-2-4-8(10(7)13)11-16-9-5-14-6-15-12(9)17-11/h2-6H,1H3,(H,14,15,16,17). The number of H-pyrrole nitrogens is 1. The Kier molecular flexibility index (Phi) is 2.30. The zero-order chi connectivity index (χ0) is 11.8. The van der Waals surface area contributed by atoms with Gasteiger partial charge in [-0.15, -0.1) is 0 Å². The van der Waals surface area contributed by atoms with E-state index in [1.54, 1.807) is 6.20 Å². The van der Waals surface area contributed by atoms with Gasteiger partial charge < -0.3 is 4.98 Å². The summed E-state index contributed by atoms with van der Waals surface area (Å²) in [5.74, 6) is 0.717. The molecule has 0 unspecified atom stereocenters. The van der Waals surface area contributed by atoms with Crippen LogP contribution in [0.3, 0.4) is 0 Å². The van der Waals surface area contributed by atoms with E-state index in [0.717, 1.165) is 16.6 Å². The molecule has 1 aromatic carbocycles. The maximum Gasteiger partial charge on any atom is 0.181 e. The summed E-state index contributed by atoms with van der Waals surface area (Å²) in [6.07, 6.45) is 3.17. The number of aromatic nitrogens is 4. The highest BCUT2D eigenvalue weighted by Crippen LogP contribution is 2.29. The fourth-order valence-electron chi connectivity index (χ4n) is 1.72. The third kappa shape index (κ3) is 1.66. The maximum atomic E-state index is 6.26. The van der Waals surface area contributed by atoms with Crippen LogP contribution in [0.2, 0.25) is 5.02 Å². The molecule has 3 rings (SSSR count). The van der Waals surface area contributed by atoms with Crippen LogP contribution < -0.4 is 0 Å². The molecule has 0 fully saturated rings. The molecule has 5 heteroatoms. The van der Waals surface area contributed by atoms with Gasteiger partial charge in [0.05, 0.1) is 11.2 Å². The van der Waals surface area contributed by atoms with Gasteiger partial charge in [0.2, 0.25) is 0 Å². The molecule has 0 radical (unpaired) electrons. The van der Waals surface area contributed by atoms with Gasteiger partial charge in [-0.1, -0.05) is 23.7 Å². The molecule has 3 aromatic rings. The second-order valence-electron chi connectivity index (χ2n) is 3.78. The second-order valence-corrected chi connectivity index (χ2v) is 4.16. The molecule has 0 aliphatic carbocycles. The van der Waals surface area contributed by atoms with E-state index < -0.39 is 0 Å². The second kappa shape index (κ2) is 3.82. The molecule has 2 heterocycles. The van der Waals surface area contributed by atoms with Crippen molar-refractivity contribution in [1.29, 1.82) is 0 Å². The van der Waals surface area contributed by atoms with Crippen molar-refractivity contribution in [2.75, 3.05) is 0 Å². The molecule has 0 saturated heterocycles. The van der Waals surface area contributed by atoms with Crippen LogP contribution in [0.25, 0.3) is 22.6 Å². The summed E-state index contributed by atoms with van der Waals surface area (Å²) in [5.41, 5.74) is 3.35. The van der Waals surface area contributed by atoms with Crippen LogP contribution in [0.1, 0.15) is 5.56 Å². The van der Waals surface area contributed by atoms with E-state index in [9.17, 15) is 0 Å². The summed E-state index contributed by atoms with van der Waals surface area (Å²) in [5, 5.41) is 0.708. The summed E-state index contributed by atoms with van der Waals surface area (Å²) in [4.78, 5) is 15.6. The number of benzene rings is 1. The highest BCUT2D eigenvalue weighted by Gasteiger charge is 2.10. The number of fused-ring (bicyclic) bond motifs is 1. The minimum atomic E-state index is 0.646. The first kappa shape index (κ1) is 10.2. The number of halogens is 1. The number of aryl methyl sites for hydroxylation is 1. The molecule has 1 N–H and O–H groups in total. The van der Waals surface area contributed by atoms with Crippen LogP contribution in [0.15, 0.2) is 30.7 Å². The van der Waals surface area contributed by atoms with Gasteiger partial charge >= 0.3 is 0 Å². The largest absolute Gasteiger partial charge is 0.335 e. The average Bonchev–Trinajstić information content (AvgIpc) is 2.76.